The third-order valence-corrected chi connectivity index (χ3v) is 1.87. The summed E-state index contributed by atoms with van der Waals surface area (Å²) in [5, 5.41) is 0. The molecule has 0 atom stereocenters. The van der Waals surface area contributed by atoms with Crippen LogP contribution in [0, 0.1) is 6.92 Å². The molecule has 0 unspecified atom stereocenters. The molecule has 4 nitrogen and oxygen atoms in total. The van der Waals surface area contributed by atoms with Gasteiger partial charge in [0.05, 0.1) is 19.9 Å². The maximum Gasteiger partial charge on any atom is 0.341 e. The molecule has 1 aromatic carbocycles. The summed E-state index contributed by atoms with van der Waals surface area (Å²) in [6, 6.07) is 3.42. The van der Waals surface area contributed by atoms with E-state index in [0.29, 0.717) is 17.0 Å². The summed E-state index contributed by atoms with van der Waals surface area (Å²) < 4.78 is 9.64. The van der Waals surface area contributed by atoms with Crippen LogP contribution in [0.25, 0.3) is 0 Å². The molecule has 0 spiro atoms. The number of methoxy groups -OCH3 is 2. The van der Waals surface area contributed by atoms with E-state index in [9.17, 15) is 4.79 Å². The number of halogens is 1. The predicted octanol–water partition coefficient (Wildman–Crippen LogP) is 1.79. The van der Waals surface area contributed by atoms with Gasteiger partial charge in [-0.15, -0.1) is 12.4 Å². The van der Waals surface area contributed by atoms with Crippen LogP contribution in [0.1, 0.15) is 15.9 Å². The van der Waals surface area contributed by atoms with E-state index in [0.717, 1.165) is 5.56 Å². The van der Waals surface area contributed by atoms with Crippen LogP contribution in [0.3, 0.4) is 0 Å². The molecule has 0 aromatic heterocycles. The van der Waals surface area contributed by atoms with E-state index in [1.165, 1.54) is 14.2 Å². The van der Waals surface area contributed by atoms with Crippen LogP contribution in [0.5, 0.6) is 5.75 Å². The van der Waals surface area contributed by atoms with Gasteiger partial charge in [-0.2, -0.15) is 0 Å². The molecule has 1 rings (SSSR count). The van der Waals surface area contributed by atoms with Crippen molar-refractivity contribution in [2.75, 3.05) is 20.0 Å². The molecule has 0 saturated carbocycles. The van der Waals surface area contributed by atoms with Gasteiger partial charge in [0, 0.05) is 0 Å². The standard InChI is InChI=1S/C10H13NO3.ClH/c1-6-4-7(10(12)14-3)9(13-2)8(11)5-6;/h4-5H,11H2,1-3H3;1H. The number of ether oxygens (including phenoxy) is 2. The first-order valence-electron chi connectivity index (χ1n) is 4.12. The molecular weight excluding hydrogens is 218 g/mol. The van der Waals surface area contributed by atoms with Gasteiger partial charge in [0.2, 0.25) is 0 Å². The van der Waals surface area contributed by atoms with E-state index in [1.54, 1.807) is 12.1 Å². The van der Waals surface area contributed by atoms with Gasteiger partial charge in [0.15, 0.2) is 5.75 Å². The van der Waals surface area contributed by atoms with E-state index < -0.39 is 5.97 Å². The summed E-state index contributed by atoms with van der Waals surface area (Å²) in [5.41, 5.74) is 7.38. The van der Waals surface area contributed by atoms with Crippen LogP contribution in [0.15, 0.2) is 12.1 Å². The summed E-state index contributed by atoms with van der Waals surface area (Å²) in [6.07, 6.45) is 0. The lowest BCUT2D eigenvalue weighted by molar-refractivity contribution is 0.0597. The molecule has 0 bridgehead atoms. The van der Waals surface area contributed by atoms with Crippen molar-refractivity contribution in [3.63, 3.8) is 0 Å². The van der Waals surface area contributed by atoms with E-state index in [1.807, 2.05) is 6.92 Å². The fourth-order valence-electron chi connectivity index (χ4n) is 1.29. The minimum atomic E-state index is -0.447. The van der Waals surface area contributed by atoms with Gasteiger partial charge in [-0.1, -0.05) is 0 Å². The number of carbonyl (C=O) groups excluding carboxylic acids is 1. The highest BCUT2D eigenvalue weighted by Crippen LogP contribution is 2.28. The quantitative estimate of drug-likeness (QED) is 0.623. The summed E-state index contributed by atoms with van der Waals surface area (Å²) in [4.78, 5) is 11.3. The lowest BCUT2D eigenvalue weighted by Gasteiger charge is -2.10. The first kappa shape index (κ1) is 13.6. The van der Waals surface area contributed by atoms with Crippen LogP contribution in [-0.2, 0) is 4.74 Å². The lowest BCUT2D eigenvalue weighted by Crippen LogP contribution is -2.06. The van der Waals surface area contributed by atoms with Crippen LogP contribution >= 0.6 is 12.4 Å². The third-order valence-electron chi connectivity index (χ3n) is 1.87. The van der Waals surface area contributed by atoms with Gasteiger partial charge in [-0.05, 0) is 24.6 Å². The molecule has 84 valence electrons. The highest BCUT2D eigenvalue weighted by atomic mass is 35.5. The number of nitrogens with two attached hydrogens (primary N) is 1. The normalized spacial score (nSPS) is 9.00. The molecule has 0 radical (unpaired) electrons. The molecule has 0 fully saturated rings. The Hall–Kier alpha value is -1.42. The second kappa shape index (κ2) is 5.46. The predicted molar refractivity (Wildman–Crippen MR) is 60.7 cm³/mol. The van der Waals surface area contributed by atoms with Crippen molar-refractivity contribution in [3.05, 3.63) is 23.3 Å². The number of nitrogen functional groups attached to an aromatic ring is 1. The van der Waals surface area contributed by atoms with Gasteiger partial charge < -0.3 is 15.2 Å². The Bertz CT molecular complexity index is 366. The van der Waals surface area contributed by atoms with E-state index in [2.05, 4.69) is 4.74 Å². The number of rotatable bonds is 2. The molecule has 0 aliphatic rings. The minimum Gasteiger partial charge on any atom is -0.494 e. The summed E-state index contributed by atoms with van der Waals surface area (Å²) >= 11 is 0. The van der Waals surface area contributed by atoms with Crippen molar-refractivity contribution in [2.45, 2.75) is 6.92 Å². The van der Waals surface area contributed by atoms with Crippen LogP contribution in [0.2, 0.25) is 0 Å². The molecule has 1 aromatic rings. The maximum absolute atomic E-state index is 11.3. The Morgan fingerprint density at radius 1 is 1.33 bits per heavy atom. The van der Waals surface area contributed by atoms with Gasteiger partial charge in [0.1, 0.15) is 5.56 Å². The topological polar surface area (TPSA) is 61.5 Å². The van der Waals surface area contributed by atoms with E-state index in [-0.39, 0.29) is 12.4 Å². The van der Waals surface area contributed by atoms with Crippen molar-refractivity contribution in [2.24, 2.45) is 0 Å². The number of anilines is 1. The Labute approximate surface area is 94.8 Å². The third kappa shape index (κ3) is 2.76. The zero-order valence-corrected chi connectivity index (χ0v) is 9.68. The zero-order valence-electron chi connectivity index (χ0n) is 8.87. The second-order valence-electron chi connectivity index (χ2n) is 2.93. The van der Waals surface area contributed by atoms with Crippen molar-refractivity contribution in [1.82, 2.24) is 0 Å². The number of esters is 1. The first-order chi connectivity index (χ1) is 6.60. The number of carbonyl (C=O) groups is 1. The van der Waals surface area contributed by atoms with Gasteiger partial charge in [0.25, 0.3) is 0 Å². The van der Waals surface area contributed by atoms with Crippen LogP contribution < -0.4 is 10.5 Å². The number of benzene rings is 1. The molecule has 15 heavy (non-hydrogen) atoms. The smallest absolute Gasteiger partial charge is 0.341 e. The average molecular weight is 232 g/mol. The fourth-order valence-corrected chi connectivity index (χ4v) is 1.29. The molecule has 0 saturated heterocycles. The molecule has 0 heterocycles. The molecular formula is C10H14ClNO3. The Balaban J connectivity index is 0.00000196. The first-order valence-corrected chi connectivity index (χ1v) is 4.12. The monoisotopic (exact) mass is 231 g/mol. The van der Waals surface area contributed by atoms with Gasteiger partial charge >= 0.3 is 5.97 Å². The van der Waals surface area contributed by atoms with Crippen LogP contribution in [0.4, 0.5) is 5.69 Å². The van der Waals surface area contributed by atoms with Crippen molar-refractivity contribution >= 4 is 24.1 Å². The largest absolute Gasteiger partial charge is 0.494 e. The molecule has 0 aliphatic heterocycles. The molecule has 5 heteroatoms. The second-order valence-corrected chi connectivity index (χ2v) is 2.93. The van der Waals surface area contributed by atoms with Crippen LogP contribution in [-0.4, -0.2) is 20.2 Å². The highest BCUT2D eigenvalue weighted by Gasteiger charge is 2.15. The highest BCUT2D eigenvalue weighted by molar-refractivity contribution is 5.94. The Morgan fingerprint density at radius 2 is 1.93 bits per heavy atom. The molecule has 2 N–H and O–H groups in total. The van der Waals surface area contributed by atoms with E-state index >= 15 is 0 Å². The minimum absolute atomic E-state index is 0. The Morgan fingerprint density at radius 3 is 2.40 bits per heavy atom. The SMILES string of the molecule is COC(=O)c1cc(C)cc(N)c1OC.Cl. The average Bonchev–Trinajstić information content (AvgIpc) is 2.15. The number of hydrogen-bond acceptors (Lipinski definition) is 4. The Kier molecular flexibility index (Phi) is 4.94. The summed E-state index contributed by atoms with van der Waals surface area (Å²) in [5.74, 6) is -0.0836. The zero-order chi connectivity index (χ0) is 10.7. The summed E-state index contributed by atoms with van der Waals surface area (Å²) in [7, 11) is 2.79. The van der Waals surface area contributed by atoms with Crippen molar-refractivity contribution < 1.29 is 14.3 Å². The molecule has 0 aliphatic carbocycles. The van der Waals surface area contributed by atoms with Gasteiger partial charge in [-0.25, -0.2) is 4.79 Å². The lowest BCUT2D eigenvalue weighted by atomic mass is 10.1. The van der Waals surface area contributed by atoms with E-state index in [4.69, 9.17) is 10.5 Å². The summed E-state index contributed by atoms with van der Waals surface area (Å²) in [6.45, 7) is 1.85. The molecule has 0 amide bonds. The number of aryl methyl sites for hydroxylation is 1. The van der Waals surface area contributed by atoms with Crippen molar-refractivity contribution in [1.29, 1.82) is 0 Å². The maximum atomic E-state index is 11.3. The number of hydrogen-bond donors (Lipinski definition) is 1. The van der Waals surface area contributed by atoms with Crippen molar-refractivity contribution in [3.8, 4) is 5.75 Å². The fraction of sp³-hybridized carbons (Fsp3) is 0.300. The van der Waals surface area contributed by atoms with Gasteiger partial charge in [-0.3, -0.25) is 0 Å².